The highest BCUT2D eigenvalue weighted by atomic mass is 32.2. The predicted octanol–water partition coefficient (Wildman–Crippen LogP) is 0.397. The summed E-state index contributed by atoms with van der Waals surface area (Å²) in [5.74, 6) is -0.418. The van der Waals surface area contributed by atoms with E-state index in [2.05, 4.69) is 5.32 Å². The van der Waals surface area contributed by atoms with Crippen LogP contribution in [0.15, 0.2) is 29.2 Å². The summed E-state index contributed by atoms with van der Waals surface area (Å²) in [6.45, 7) is 1.69. The SMILES string of the molecule is C[C@]1(NC(=O)c2ccc(S(C)(=O)=O)cc2)CCS(=O)(=O)C1. The Labute approximate surface area is 124 Å². The molecule has 8 heteroatoms. The second-order valence-electron chi connectivity index (χ2n) is 5.65. The average Bonchev–Trinajstić information content (AvgIpc) is 2.62. The molecular weight excluding hydrogens is 314 g/mol. The minimum absolute atomic E-state index is 0.0663. The van der Waals surface area contributed by atoms with Crippen LogP contribution >= 0.6 is 0 Å². The number of hydrogen-bond acceptors (Lipinski definition) is 5. The molecule has 0 saturated carbocycles. The lowest BCUT2D eigenvalue weighted by molar-refractivity contribution is 0.0915. The van der Waals surface area contributed by atoms with Gasteiger partial charge < -0.3 is 5.32 Å². The molecule has 0 aromatic heterocycles. The maximum absolute atomic E-state index is 12.1. The number of amides is 1. The molecule has 1 amide bonds. The number of hydrogen-bond donors (Lipinski definition) is 1. The normalized spacial score (nSPS) is 24.7. The topological polar surface area (TPSA) is 97.4 Å². The Bertz CT molecular complexity index is 765. The smallest absolute Gasteiger partial charge is 0.251 e. The van der Waals surface area contributed by atoms with E-state index in [0.29, 0.717) is 12.0 Å². The van der Waals surface area contributed by atoms with Gasteiger partial charge in [-0.25, -0.2) is 16.8 Å². The molecule has 1 atom stereocenters. The van der Waals surface area contributed by atoms with Gasteiger partial charge in [0.15, 0.2) is 19.7 Å². The summed E-state index contributed by atoms with van der Waals surface area (Å²) in [7, 11) is -6.41. The lowest BCUT2D eigenvalue weighted by Gasteiger charge is -2.23. The zero-order chi connectivity index (χ0) is 15.9. The zero-order valence-electron chi connectivity index (χ0n) is 11.8. The van der Waals surface area contributed by atoms with Crippen molar-refractivity contribution in [2.24, 2.45) is 0 Å². The first-order chi connectivity index (χ1) is 9.51. The zero-order valence-corrected chi connectivity index (χ0v) is 13.4. The van der Waals surface area contributed by atoms with Crippen molar-refractivity contribution >= 4 is 25.6 Å². The van der Waals surface area contributed by atoms with Gasteiger partial charge in [-0.2, -0.15) is 0 Å². The fourth-order valence-corrected chi connectivity index (χ4v) is 5.03. The summed E-state index contributed by atoms with van der Waals surface area (Å²) in [5, 5.41) is 2.72. The molecule has 0 radical (unpaired) electrons. The number of sulfone groups is 2. The third kappa shape index (κ3) is 3.82. The van der Waals surface area contributed by atoms with Crippen molar-refractivity contribution in [3.8, 4) is 0 Å². The average molecular weight is 331 g/mol. The fraction of sp³-hybridized carbons (Fsp3) is 0.462. The van der Waals surface area contributed by atoms with Gasteiger partial charge in [0.05, 0.1) is 21.9 Å². The van der Waals surface area contributed by atoms with Crippen LogP contribution < -0.4 is 5.32 Å². The van der Waals surface area contributed by atoms with Crippen LogP contribution in [-0.2, 0) is 19.7 Å². The van der Waals surface area contributed by atoms with Crippen LogP contribution in [0, 0.1) is 0 Å². The lowest BCUT2D eigenvalue weighted by Crippen LogP contribution is -2.46. The minimum atomic E-state index is -3.31. The summed E-state index contributed by atoms with van der Waals surface area (Å²) in [6, 6.07) is 5.55. The van der Waals surface area contributed by atoms with Crippen molar-refractivity contribution in [2.45, 2.75) is 23.8 Å². The Morgan fingerprint density at radius 3 is 2.24 bits per heavy atom. The van der Waals surface area contributed by atoms with Crippen molar-refractivity contribution < 1.29 is 21.6 Å². The van der Waals surface area contributed by atoms with Gasteiger partial charge in [-0.1, -0.05) is 0 Å². The molecule has 1 heterocycles. The van der Waals surface area contributed by atoms with E-state index >= 15 is 0 Å². The highest BCUT2D eigenvalue weighted by molar-refractivity contribution is 7.91. The van der Waals surface area contributed by atoms with Crippen molar-refractivity contribution in [3.05, 3.63) is 29.8 Å². The first-order valence-corrected chi connectivity index (χ1v) is 10.1. The molecule has 1 aliphatic rings. The second kappa shape index (κ2) is 5.10. The molecule has 0 bridgehead atoms. The van der Waals surface area contributed by atoms with Gasteiger partial charge in [0.2, 0.25) is 0 Å². The van der Waals surface area contributed by atoms with Crippen molar-refractivity contribution in [1.82, 2.24) is 5.32 Å². The van der Waals surface area contributed by atoms with Gasteiger partial charge >= 0.3 is 0 Å². The molecule has 0 unspecified atom stereocenters. The third-order valence-electron chi connectivity index (χ3n) is 3.46. The highest BCUT2D eigenvalue weighted by Gasteiger charge is 2.39. The van der Waals surface area contributed by atoms with Gasteiger partial charge in [-0.3, -0.25) is 4.79 Å². The van der Waals surface area contributed by atoms with Crippen molar-refractivity contribution in [2.75, 3.05) is 17.8 Å². The minimum Gasteiger partial charge on any atom is -0.346 e. The molecule has 116 valence electrons. The van der Waals surface area contributed by atoms with E-state index in [9.17, 15) is 21.6 Å². The first-order valence-electron chi connectivity index (χ1n) is 6.34. The molecule has 1 aromatic carbocycles. The van der Waals surface area contributed by atoms with Crippen LogP contribution in [0.3, 0.4) is 0 Å². The molecule has 1 fully saturated rings. The molecule has 1 N–H and O–H groups in total. The molecule has 2 rings (SSSR count). The lowest BCUT2D eigenvalue weighted by atomic mass is 10.0. The summed E-state index contributed by atoms with van der Waals surface area (Å²) < 4.78 is 45.7. The maximum Gasteiger partial charge on any atom is 0.251 e. The van der Waals surface area contributed by atoms with E-state index < -0.39 is 31.1 Å². The standard InChI is InChI=1S/C13H17NO5S2/c1-13(7-8-21(18,19)9-13)14-12(15)10-3-5-11(6-4-10)20(2,16)17/h3-6H,7-9H2,1-2H3,(H,14,15)/t13-/m0/s1. The Balaban J connectivity index is 2.15. The third-order valence-corrected chi connectivity index (χ3v) is 6.49. The molecule has 1 aromatic rings. The molecular formula is C13H17NO5S2. The number of carbonyl (C=O) groups excluding carboxylic acids is 1. The molecule has 6 nitrogen and oxygen atoms in total. The Morgan fingerprint density at radius 1 is 1.24 bits per heavy atom. The monoisotopic (exact) mass is 331 g/mol. The number of nitrogens with one attached hydrogen (secondary N) is 1. The van der Waals surface area contributed by atoms with Crippen LogP contribution in [0.2, 0.25) is 0 Å². The molecule has 0 aliphatic carbocycles. The van der Waals surface area contributed by atoms with E-state index in [1.165, 1.54) is 24.3 Å². The van der Waals surface area contributed by atoms with Crippen LogP contribution in [-0.4, -0.2) is 46.0 Å². The summed E-state index contributed by atoms with van der Waals surface area (Å²) in [5.41, 5.74) is -0.473. The predicted molar refractivity (Wildman–Crippen MR) is 78.7 cm³/mol. The summed E-state index contributed by atoms with van der Waals surface area (Å²) >= 11 is 0. The second-order valence-corrected chi connectivity index (χ2v) is 9.85. The highest BCUT2D eigenvalue weighted by Crippen LogP contribution is 2.23. The largest absolute Gasteiger partial charge is 0.346 e. The molecule has 1 saturated heterocycles. The summed E-state index contributed by atoms with van der Waals surface area (Å²) in [4.78, 5) is 12.3. The van der Waals surface area contributed by atoms with E-state index in [0.717, 1.165) is 6.26 Å². The number of carbonyl (C=O) groups is 1. The van der Waals surface area contributed by atoms with Gasteiger partial charge in [0.25, 0.3) is 5.91 Å². The maximum atomic E-state index is 12.1. The van der Waals surface area contributed by atoms with Gasteiger partial charge in [-0.15, -0.1) is 0 Å². The summed E-state index contributed by atoms with van der Waals surface area (Å²) in [6.07, 6.45) is 1.47. The van der Waals surface area contributed by atoms with Crippen LogP contribution in [0.25, 0.3) is 0 Å². The Hall–Kier alpha value is -1.41. The Kier molecular flexibility index (Phi) is 3.88. The quantitative estimate of drug-likeness (QED) is 0.864. The van der Waals surface area contributed by atoms with E-state index in [1.807, 2.05) is 0 Å². The molecule has 1 aliphatic heterocycles. The molecule has 21 heavy (non-hydrogen) atoms. The van der Waals surface area contributed by atoms with Crippen LogP contribution in [0.4, 0.5) is 0 Å². The van der Waals surface area contributed by atoms with Crippen LogP contribution in [0.1, 0.15) is 23.7 Å². The fourth-order valence-electron chi connectivity index (χ4n) is 2.31. The van der Waals surface area contributed by atoms with Crippen LogP contribution in [0.5, 0.6) is 0 Å². The van der Waals surface area contributed by atoms with Gasteiger partial charge in [0.1, 0.15) is 0 Å². The Morgan fingerprint density at radius 2 is 1.81 bits per heavy atom. The van der Waals surface area contributed by atoms with Crippen molar-refractivity contribution in [3.63, 3.8) is 0 Å². The first kappa shape index (κ1) is 16.0. The van der Waals surface area contributed by atoms with E-state index in [4.69, 9.17) is 0 Å². The number of rotatable bonds is 3. The molecule has 0 spiro atoms. The van der Waals surface area contributed by atoms with E-state index in [1.54, 1.807) is 6.92 Å². The van der Waals surface area contributed by atoms with Gasteiger partial charge in [-0.05, 0) is 37.6 Å². The van der Waals surface area contributed by atoms with Gasteiger partial charge in [0, 0.05) is 11.8 Å². The van der Waals surface area contributed by atoms with Crippen molar-refractivity contribution in [1.29, 1.82) is 0 Å². The van der Waals surface area contributed by atoms with E-state index in [-0.39, 0.29) is 16.4 Å². The number of benzene rings is 1.